The van der Waals surface area contributed by atoms with Gasteiger partial charge in [-0.1, -0.05) is 0 Å². The third-order valence-electron chi connectivity index (χ3n) is 4.42. The Morgan fingerprint density at radius 3 is 2.67 bits per heavy atom. The Bertz CT molecular complexity index is 357. The van der Waals surface area contributed by atoms with E-state index in [4.69, 9.17) is 4.74 Å². The summed E-state index contributed by atoms with van der Waals surface area (Å²) in [6.45, 7) is 7.22. The van der Waals surface area contributed by atoms with Crippen LogP contribution < -0.4 is 5.32 Å². The summed E-state index contributed by atoms with van der Waals surface area (Å²) in [5.41, 5.74) is -0.577. The summed E-state index contributed by atoms with van der Waals surface area (Å²) in [5, 5.41) is 3.52. The first-order valence-corrected chi connectivity index (χ1v) is 8.28. The molecule has 0 aromatic carbocycles. The van der Waals surface area contributed by atoms with Crippen molar-refractivity contribution < 1.29 is 9.53 Å². The fourth-order valence-electron chi connectivity index (χ4n) is 3.28. The molecule has 21 heavy (non-hydrogen) atoms. The standard InChI is InChI=1S/C16H31N3O2/c1-5-21-15(20)16(2,17-13-8-9-13)12-19-10-6-7-14(19)11-18(3)4/h13-14,17H,5-12H2,1-4H3. The number of rotatable bonds is 8. The van der Waals surface area contributed by atoms with E-state index in [-0.39, 0.29) is 5.97 Å². The molecule has 2 unspecified atom stereocenters. The normalized spacial score (nSPS) is 26.0. The van der Waals surface area contributed by atoms with E-state index >= 15 is 0 Å². The number of nitrogens with zero attached hydrogens (tertiary/aromatic N) is 2. The van der Waals surface area contributed by atoms with Crippen molar-refractivity contribution in [2.24, 2.45) is 0 Å². The van der Waals surface area contributed by atoms with Gasteiger partial charge in [-0.05, 0) is 60.2 Å². The zero-order valence-corrected chi connectivity index (χ0v) is 14.0. The fourth-order valence-corrected chi connectivity index (χ4v) is 3.28. The van der Waals surface area contributed by atoms with E-state index in [2.05, 4.69) is 29.2 Å². The first-order chi connectivity index (χ1) is 9.94. The van der Waals surface area contributed by atoms with E-state index in [1.54, 1.807) is 0 Å². The van der Waals surface area contributed by atoms with Gasteiger partial charge in [0.15, 0.2) is 0 Å². The van der Waals surface area contributed by atoms with Crippen LogP contribution in [0.3, 0.4) is 0 Å². The summed E-state index contributed by atoms with van der Waals surface area (Å²) in [6.07, 6.45) is 4.80. The highest BCUT2D eigenvalue weighted by Gasteiger charge is 2.42. The summed E-state index contributed by atoms with van der Waals surface area (Å²) in [6, 6.07) is 1.05. The summed E-state index contributed by atoms with van der Waals surface area (Å²) < 4.78 is 5.32. The molecule has 122 valence electrons. The molecule has 0 amide bonds. The van der Waals surface area contributed by atoms with Crippen LogP contribution in [-0.4, -0.2) is 73.7 Å². The highest BCUT2D eigenvalue weighted by molar-refractivity contribution is 5.80. The molecule has 5 heteroatoms. The molecule has 1 N–H and O–H groups in total. The van der Waals surface area contributed by atoms with Crippen LogP contribution in [0.4, 0.5) is 0 Å². The molecule has 2 fully saturated rings. The minimum absolute atomic E-state index is 0.104. The maximum absolute atomic E-state index is 12.4. The van der Waals surface area contributed by atoms with Crippen molar-refractivity contribution in [3.63, 3.8) is 0 Å². The molecule has 0 radical (unpaired) electrons. The summed E-state index contributed by atoms with van der Waals surface area (Å²) in [7, 11) is 4.23. The zero-order valence-electron chi connectivity index (χ0n) is 14.0. The Morgan fingerprint density at radius 2 is 2.10 bits per heavy atom. The van der Waals surface area contributed by atoms with E-state index in [9.17, 15) is 4.79 Å². The van der Waals surface area contributed by atoms with Crippen LogP contribution in [0.5, 0.6) is 0 Å². The summed E-state index contributed by atoms with van der Waals surface area (Å²) in [5.74, 6) is -0.104. The second kappa shape index (κ2) is 7.07. The van der Waals surface area contributed by atoms with E-state index in [1.165, 1.54) is 25.7 Å². The number of nitrogens with one attached hydrogen (secondary N) is 1. The van der Waals surface area contributed by atoms with E-state index in [0.717, 1.165) is 19.6 Å². The number of ether oxygens (including phenoxy) is 1. The number of likely N-dealkylation sites (tertiary alicyclic amines) is 1. The topological polar surface area (TPSA) is 44.8 Å². The molecular weight excluding hydrogens is 266 g/mol. The second-order valence-corrected chi connectivity index (χ2v) is 7.00. The smallest absolute Gasteiger partial charge is 0.327 e. The van der Waals surface area contributed by atoms with Crippen molar-refractivity contribution >= 4 is 5.97 Å². The molecule has 1 saturated heterocycles. The number of esters is 1. The van der Waals surface area contributed by atoms with Crippen LogP contribution in [0.25, 0.3) is 0 Å². The van der Waals surface area contributed by atoms with Crippen LogP contribution in [0.1, 0.15) is 39.5 Å². The molecule has 2 rings (SSSR count). The second-order valence-electron chi connectivity index (χ2n) is 7.00. The molecule has 0 aromatic rings. The molecule has 2 atom stereocenters. The molecule has 1 heterocycles. The van der Waals surface area contributed by atoms with Crippen molar-refractivity contribution in [3.8, 4) is 0 Å². The molecule has 0 bridgehead atoms. The maximum Gasteiger partial charge on any atom is 0.327 e. The van der Waals surface area contributed by atoms with Gasteiger partial charge in [-0.15, -0.1) is 0 Å². The first-order valence-electron chi connectivity index (χ1n) is 8.28. The molecule has 0 aromatic heterocycles. The van der Waals surface area contributed by atoms with Gasteiger partial charge in [0, 0.05) is 25.2 Å². The maximum atomic E-state index is 12.4. The van der Waals surface area contributed by atoms with Crippen LogP contribution in [-0.2, 0) is 9.53 Å². The molecule has 2 aliphatic rings. The Kier molecular flexibility index (Phi) is 5.63. The minimum atomic E-state index is -0.577. The Morgan fingerprint density at radius 1 is 1.38 bits per heavy atom. The predicted molar refractivity (Wildman–Crippen MR) is 84.3 cm³/mol. The van der Waals surface area contributed by atoms with E-state index in [1.807, 2.05) is 13.8 Å². The quantitative estimate of drug-likeness (QED) is 0.679. The van der Waals surface area contributed by atoms with E-state index in [0.29, 0.717) is 18.7 Å². The molecular formula is C16H31N3O2. The number of hydrogen-bond acceptors (Lipinski definition) is 5. The van der Waals surface area contributed by atoms with Crippen LogP contribution >= 0.6 is 0 Å². The number of carbonyl (C=O) groups is 1. The van der Waals surface area contributed by atoms with Crippen LogP contribution in [0.2, 0.25) is 0 Å². The third-order valence-corrected chi connectivity index (χ3v) is 4.42. The largest absolute Gasteiger partial charge is 0.465 e. The lowest BCUT2D eigenvalue weighted by atomic mass is 10.0. The lowest BCUT2D eigenvalue weighted by Crippen LogP contribution is -2.59. The predicted octanol–water partition coefficient (Wildman–Crippen LogP) is 1.09. The summed E-state index contributed by atoms with van der Waals surface area (Å²) in [4.78, 5) is 17.1. The van der Waals surface area contributed by atoms with Gasteiger partial charge in [0.25, 0.3) is 0 Å². The van der Waals surface area contributed by atoms with Gasteiger partial charge in [-0.25, -0.2) is 0 Å². The van der Waals surface area contributed by atoms with Crippen LogP contribution in [0.15, 0.2) is 0 Å². The summed E-state index contributed by atoms with van der Waals surface area (Å²) >= 11 is 0. The van der Waals surface area contributed by atoms with Gasteiger partial charge in [-0.2, -0.15) is 0 Å². The van der Waals surface area contributed by atoms with Crippen molar-refractivity contribution in [2.45, 2.75) is 57.2 Å². The lowest BCUT2D eigenvalue weighted by molar-refractivity contribution is -0.151. The van der Waals surface area contributed by atoms with Gasteiger partial charge in [0.05, 0.1) is 6.61 Å². The SMILES string of the molecule is CCOC(=O)C(C)(CN1CCCC1CN(C)C)NC1CC1. The monoisotopic (exact) mass is 297 g/mol. The molecule has 0 spiro atoms. The van der Waals surface area contributed by atoms with E-state index < -0.39 is 5.54 Å². The number of carbonyl (C=O) groups excluding carboxylic acids is 1. The van der Waals surface area contributed by atoms with Crippen molar-refractivity contribution in [1.29, 1.82) is 0 Å². The Labute approximate surface area is 129 Å². The first kappa shape index (κ1) is 16.7. The fraction of sp³-hybridized carbons (Fsp3) is 0.938. The highest BCUT2D eigenvalue weighted by atomic mass is 16.5. The third kappa shape index (κ3) is 4.66. The molecule has 1 aliphatic carbocycles. The Hall–Kier alpha value is -0.650. The number of hydrogen-bond donors (Lipinski definition) is 1. The van der Waals surface area contributed by atoms with Gasteiger partial charge >= 0.3 is 5.97 Å². The average molecular weight is 297 g/mol. The van der Waals surface area contributed by atoms with Crippen molar-refractivity contribution in [2.75, 3.05) is 40.3 Å². The lowest BCUT2D eigenvalue weighted by Gasteiger charge is -2.36. The van der Waals surface area contributed by atoms with Gasteiger partial charge < -0.3 is 9.64 Å². The van der Waals surface area contributed by atoms with Gasteiger partial charge in [0.2, 0.25) is 0 Å². The average Bonchev–Trinajstić information content (AvgIpc) is 3.10. The van der Waals surface area contributed by atoms with Gasteiger partial charge in [0.1, 0.15) is 5.54 Å². The van der Waals surface area contributed by atoms with Gasteiger partial charge in [-0.3, -0.25) is 15.0 Å². The molecule has 5 nitrogen and oxygen atoms in total. The zero-order chi connectivity index (χ0) is 15.5. The highest BCUT2D eigenvalue weighted by Crippen LogP contribution is 2.26. The van der Waals surface area contributed by atoms with Crippen molar-refractivity contribution in [3.05, 3.63) is 0 Å². The molecule has 1 aliphatic heterocycles. The minimum Gasteiger partial charge on any atom is -0.465 e. The van der Waals surface area contributed by atoms with Crippen LogP contribution in [0, 0.1) is 0 Å². The number of likely N-dealkylation sites (N-methyl/N-ethyl adjacent to an activating group) is 1. The van der Waals surface area contributed by atoms with Crippen molar-refractivity contribution in [1.82, 2.24) is 15.1 Å². The Balaban J connectivity index is 2.01. The molecule has 1 saturated carbocycles.